The van der Waals surface area contributed by atoms with Crippen molar-refractivity contribution in [2.45, 2.75) is 38.6 Å². The van der Waals surface area contributed by atoms with Crippen LogP contribution in [0.1, 0.15) is 45.6 Å². The summed E-state index contributed by atoms with van der Waals surface area (Å²) in [7, 11) is -3.73. The summed E-state index contributed by atoms with van der Waals surface area (Å²) < 4.78 is 27.9. The lowest BCUT2D eigenvalue weighted by Gasteiger charge is -2.17. The number of anilines is 1. The quantitative estimate of drug-likeness (QED) is 0.593. The second-order valence-corrected chi connectivity index (χ2v) is 9.17. The first kappa shape index (κ1) is 21.6. The van der Waals surface area contributed by atoms with Crippen LogP contribution in [0.3, 0.4) is 0 Å². The molecule has 0 aliphatic carbocycles. The van der Waals surface area contributed by atoms with Gasteiger partial charge in [-0.1, -0.05) is 42.5 Å². The number of rotatable bonds is 6. The van der Waals surface area contributed by atoms with E-state index in [0.29, 0.717) is 11.3 Å². The third kappa shape index (κ3) is 4.89. The summed E-state index contributed by atoms with van der Waals surface area (Å²) in [6.07, 6.45) is 0. The number of carbonyl (C=O) groups excluding carboxylic acids is 1. The van der Waals surface area contributed by atoms with Crippen molar-refractivity contribution < 1.29 is 13.2 Å². The molecule has 0 saturated heterocycles. The highest BCUT2D eigenvalue weighted by atomic mass is 32.2. The fourth-order valence-electron chi connectivity index (χ4n) is 3.07. The average Bonchev–Trinajstić information content (AvgIpc) is 2.72. The first-order chi connectivity index (χ1) is 14.2. The SMILES string of the molecule is Cc1ccc(C(C)NC(=O)c2ccc(C)c(NS(=O)(=O)c3ccccc3)c2)cc1C. The molecule has 0 aliphatic heterocycles. The molecule has 1 atom stereocenters. The molecule has 5 nitrogen and oxygen atoms in total. The van der Waals surface area contributed by atoms with Crippen molar-refractivity contribution >= 4 is 21.6 Å². The largest absolute Gasteiger partial charge is 0.346 e. The molecule has 1 unspecified atom stereocenters. The average molecular weight is 423 g/mol. The van der Waals surface area contributed by atoms with Crippen LogP contribution < -0.4 is 10.0 Å². The summed E-state index contributed by atoms with van der Waals surface area (Å²) in [5.74, 6) is -0.263. The summed E-state index contributed by atoms with van der Waals surface area (Å²) in [4.78, 5) is 13.0. The number of amides is 1. The van der Waals surface area contributed by atoms with Crippen LogP contribution in [-0.4, -0.2) is 14.3 Å². The van der Waals surface area contributed by atoms with E-state index >= 15 is 0 Å². The summed E-state index contributed by atoms with van der Waals surface area (Å²) in [5.41, 5.74) is 4.89. The van der Waals surface area contributed by atoms with Crippen LogP contribution in [0.5, 0.6) is 0 Å². The zero-order valence-corrected chi connectivity index (χ0v) is 18.4. The highest BCUT2D eigenvalue weighted by Crippen LogP contribution is 2.22. The number of sulfonamides is 1. The van der Waals surface area contributed by atoms with Gasteiger partial charge in [0, 0.05) is 5.56 Å². The Morgan fingerprint density at radius 3 is 2.17 bits per heavy atom. The molecule has 0 bridgehead atoms. The molecule has 156 valence electrons. The highest BCUT2D eigenvalue weighted by Gasteiger charge is 2.17. The number of benzene rings is 3. The lowest BCUT2D eigenvalue weighted by Crippen LogP contribution is -2.27. The Balaban J connectivity index is 1.80. The Morgan fingerprint density at radius 2 is 1.50 bits per heavy atom. The van der Waals surface area contributed by atoms with E-state index in [4.69, 9.17) is 0 Å². The van der Waals surface area contributed by atoms with Crippen LogP contribution >= 0.6 is 0 Å². The van der Waals surface area contributed by atoms with E-state index in [-0.39, 0.29) is 16.8 Å². The lowest BCUT2D eigenvalue weighted by molar-refractivity contribution is 0.0940. The molecule has 0 fully saturated rings. The number of hydrogen-bond acceptors (Lipinski definition) is 3. The molecule has 3 rings (SSSR count). The number of carbonyl (C=O) groups is 1. The smallest absolute Gasteiger partial charge is 0.261 e. The van der Waals surface area contributed by atoms with E-state index in [2.05, 4.69) is 16.1 Å². The van der Waals surface area contributed by atoms with Gasteiger partial charge in [0.1, 0.15) is 0 Å². The molecule has 2 N–H and O–H groups in total. The molecule has 0 heterocycles. The van der Waals surface area contributed by atoms with Gasteiger partial charge in [0.05, 0.1) is 16.6 Å². The predicted octanol–water partition coefficient (Wildman–Crippen LogP) is 4.90. The van der Waals surface area contributed by atoms with Gasteiger partial charge in [-0.3, -0.25) is 9.52 Å². The first-order valence-corrected chi connectivity index (χ1v) is 11.2. The molecule has 6 heteroatoms. The summed E-state index contributed by atoms with van der Waals surface area (Å²) in [5, 5.41) is 2.98. The first-order valence-electron chi connectivity index (χ1n) is 9.74. The van der Waals surface area contributed by atoms with Crippen molar-refractivity contribution in [1.82, 2.24) is 5.32 Å². The van der Waals surface area contributed by atoms with Crippen LogP contribution in [0, 0.1) is 20.8 Å². The third-order valence-electron chi connectivity index (χ3n) is 5.18. The summed E-state index contributed by atoms with van der Waals surface area (Å²) in [6.45, 7) is 7.81. The molecule has 0 aromatic heterocycles. The van der Waals surface area contributed by atoms with Crippen molar-refractivity contribution in [3.05, 3.63) is 94.5 Å². The number of hydrogen-bond donors (Lipinski definition) is 2. The molecule has 1 amide bonds. The van der Waals surface area contributed by atoms with Gasteiger partial charge < -0.3 is 5.32 Å². The lowest BCUT2D eigenvalue weighted by atomic mass is 10.0. The van der Waals surface area contributed by atoms with E-state index in [1.807, 2.05) is 32.9 Å². The van der Waals surface area contributed by atoms with E-state index < -0.39 is 10.0 Å². The van der Waals surface area contributed by atoms with E-state index in [1.54, 1.807) is 43.3 Å². The number of nitrogens with one attached hydrogen (secondary N) is 2. The molecule has 30 heavy (non-hydrogen) atoms. The molecule has 3 aromatic rings. The third-order valence-corrected chi connectivity index (χ3v) is 6.56. The highest BCUT2D eigenvalue weighted by molar-refractivity contribution is 7.92. The van der Waals surface area contributed by atoms with Crippen LogP contribution in [0.2, 0.25) is 0 Å². The fourth-order valence-corrected chi connectivity index (χ4v) is 4.22. The van der Waals surface area contributed by atoms with Gasteiger partial charge in [-0.25, -0.2) is 8.42 Å². The molecule has 0 radical (unpaired) electrons. The van der Waals surface area contributed by atoms with Crippen LogP contribution in [0.15, 0.2) is 71.6 Å². The predicted molar refractivity (Wildman–Crippen MR) is 120 cm³/mol. The molecular weight excluding hydrogens is 396 g/mol. The van der Waals surface area contributed by atoms with Gasteiger partial charge in [-0.2, -0.15) is 0 Å². The Morgan fingerprint density at radius 1 is 0.833 bits per heavy atom. The fraction of sp³-hybridized carbons (Fsp3) is 0.208. The molecule has 3 aromatic carbocycles. The Kier molecular flexibility index (Phi) is 6.27. The van der Waals surface area contributed by atoms with Crippen LogP contribution in [-0.2, 0) is 10.0 Å². The van der Waals surface area contributed by atoms with Crippen molar-refractivity contribution in [1.29, 1.82) is 0 Å². The molecule has 0 saturated carbocycles. The second-order valence-electron chi connectivity index (χ2n) is 7.49. The van der Waals surface area contributed by atoms with Crippen molar-refractivity contribution in [2.24, 2.45) is 0 Å². The van der Waals surface area contributed by atoms with E-state index in [9.17, 15) is 13.2 Å². The maximum absolute atomic E-state index is 12.8. The topological polar surface area (TPSA) is 75.3 Å². The Labute approximate surface area is 178 Å². The van der Waals surface area contributed by atoms with Crippen LogP contribution in [0.25, 0.3) is 0 Å². The van der Waals surface area contributed by atoms with E-state index in [0.717, 1.165) is 11.1 Å². The van der Waals surface area contributed by atoms with E-state index in [1.165, 1.54) is 23.3 Å². The summed E-state index contributed by atoms with van der Waals surface area (Å²) >= 11 is 0. The van der Waals surface area contributed by atoms with Crippen molar-refractivity contribution in [3.8, 4) is 0 Å². The minimum atomic E-state index is -3.73. The maximum atomic E-state index is 12.8. The Bertz CT molecular complexity index is 1170. The zero-order valence-electron chi connectivity index (χ0n) is 17.6. The minimum absolute atomic E-state index is 0.169. The monoisotopic (exact) mass is 422 g/mol. The van der Waals surface area contributed by atoms with Gasteiger partial charge in [-0.15, -0.1) is 0 Å². The van der Waals surface area contributed by atoms with Gasteiger partial charge >= 0.3 is 0 Å². The standard InChI is InChI=1S/C24H26N2O3S/c1-16-10-12-20(14-18(16)3)19(4)25-24(27)21-13-11-17(2)23(15-21)26-30(28,29)22-8-6-5-7-9-22/h5-15,19,26H,1-4H3,(H,25,27). The van der Waals surface area contributed by atoms with Crippen molar-refractivity contribution in [2.75, 3.05) is 4.72 Å². The van der Waals surface area contributed by atoms with Gasteiger partial charge in [0.25, 0.3) is 15.9 Å². The second kappa shape index (κ2) is 8.71. The maximum Gasteiger partial charge on any atom is 0.261 e. The molecular formula is C24H26N2O3S. The molecule has 0 spiro atoms. The number of aryl methyl sites for hydroxylation is 3. The minimum Gasteiger partial charge on any atom is -0.346 e. The zero-order chi connectivity index (χ0) is 21.9. The summed E-state index contributed by atoms with van der Waals surface area (Å²) in [6, 6.07) is 19.1. The Hall–Kier alpha value is -3.12. The van der Waals surface area contributed by atoms with Gasteiger partial charge in [0.2, 0.25) is 0 Å². The normalized spacial score (nSPS) is 12.3. The van der Waals surface area contributed by atoms with Crippen LogP contribution in [0.4, 0.5) is 5.69 Å². The van der Waals surface area contributed by atoms with Gasteiger partial charge in [-0.05, 0) is 74.2 Å². The van der Waals surface area contributed by atoms with Gasteiger partial charge in [0.15, 0.2) is 0 Å². The molecule has 0 aliphatic rings. The van der Waals surface area contributed by atoms with Crippen molar-refractivity contribution in [3.63, 3.8) is 0 Å².